The lowest BCUT2D eigenvalue weighted by Crippen LogP contribution is -2.48. The molecule has 41 heavy (non-hydrogen) atoms. The fourth-order valence-electron chi connectivity index (χ4n) is 5.42. The molecule has 2 N–H and O–H groups in total. The number of aryl methyl sites for hydroxylation is 2. The lowest BCUT2D eigenvalue weighted by molar-refractivity contribution is -0.137. The summed E-state index contributed by atoms with van der Waals surface area (Å²) < 4.78 is 10.3. The van der Waals surface area contributed by atoms with Crippen LogP contribution in [-0.4, -0.2) is 86.2 Å². The Morgan fingerprint density at radius 3 is 2.54 bits per heavy atom. The first kappa shape index (κ1) is 32.8. The number of nitrogens with one attached hydrogen (secondary N) is 1. The molecule has 2 saturated heterocycles. The highest BCUT2D eigenvalue weighted by atomic mass is 16.5. The number of pyridine rings is 1. The van der Waals surface area contributed by atoms with Gasteiger partial charge in [-0.15, -0.1) is 0 Å². The molecule has 3 aliphatic heterocycles. The third kappa shape index (κ3) is 12.8. The molecule has 0 bridgehead atoms. The summed E-state index contributed by atoms with van der Waals surface area (Å²) >= 11 is 0. The Balaban J connectivity index is 0.000000185. The molecular formula is C33H52N4O4. The smallest absolute Gasteiger partial charge is 0.303 e. The van der Waals surface area contributed by atoms with Crippen LogP contribution in [-0.2, 0) is 27.1 Å². The molecule has 0 spiro atoms. The van der Waals surface area contributed by atoms with Crippen LogP contribution in [0.5, 0.6) is 0 Å². The molecule has 0 unspecified atom stereocenters. The van der Waals surface area contributed by atoms with Gasteiger partial charge >= 0.3 is 5.97 Å². The van der Waals surface area contributed by atoms with Crippen molar-refractivity contribution in [3.8, 4) is 0 Å². The van der Waals surface area contributed by atoms with Gasteiger partial charge in [-0.1, -0.05) is 30.7 Å². The first-order valence-corrected chi connectivity index (χ1v) is 15.5. The van der Waals surface area contributed by atoms with E-state index in [2.05, 4.69) is 76.2 Å². The summed E-state index contributed by atoms with van der Waals surface area (Å²) in [6.07, 6.45) is 9.79. The molecule has 1 aromatic heterocycles. The van der Waals surface area contributed by atoms with Gasteiger partial charge in [-0.2, -0.15) is 0 Å². The average Bonchev–Trinajstić information content (AvgIpc) is 2.98. The highest BCUT2D eigenvalue weighted by Gasteiger charge is 2.27. The predicted octanol–water partition coefficient (Wildman–Crippen LogP) is 5.66. The molecule has 8 nitrogen and oxygen atoms in total. The number of fused-ring (bicyclic) bond motifs is 1. The summed E-state index contributed by atoms with van der Waals surface area (Å²) in [5, 5.41) is 11.5. The van der Waals surface area contributed by atoms with E-state index in [-0.39, 0.29) is 12.0 Å². The highest BCUT2D eigenvalue weighted by molar-refractivity contribution is 5.66. The molecule has 4 heterocycles. The number of ether oxygens (including phenoxy) is 2. The monoisotopic (exact) mass is 568 g/mol. The quantitative estimate of drug-likeness (QED) is 0.375. The third-order valence-electron chi connectivity index (χ3n) is 7.59. The number of benzene rings is 1. The molecule has 0 aliphatic carbocycles. The Bertz CT molecular complexity index is 1010. The minimum Gasteiger partial charge on any atom is -0.481 e. The summed E-state index contributed by atoms with van der Waals surface area (Å²) in [7, 11) is 1.56. The number of para-hydroxylation sites is 1. The van der Waals surface area contributed by atoms with Crippen LogP contribution in [0.1, 0.15) is 70.1 Å². The van der Waals surface area contributed by atoms with Crippen molar-refractivity contribution in [3.63, 3.8) is 0 Å². The molecule has 8 heteroatoms. The largest absolute Gasteiger partial charge is 0.481 e. The second-order valence-corrected chi connectivity index (χ2v) is 11.7. The summed E-state index contributed by atoms with van der Waals surface area (Å²) in [5.41, 5.74) is 3.92. The van der Waals surface area contributed by atoms with Crippen molar-refractivity contribution in [3.05, 3.63) is 53.7 Å². The second kappa shape index (κ2) is 18.0. The number of likely N-dealkylation sites (tertiary alicyclic amines) is 1. The van der Waals surface area contributed by atoms with Crippen molar-refractivity contribution in [1.29, 1.82) is 0 Å². The van der Waals surface area contributed by atoms with Crippen LogP contribution in [0.4, 0.5) is 11.5 Å². The van der Waals surface area contributed by atoms with E-state index in [0.29, 0.717) is 13.0 Å². The van der Waals surface area contributed by atoms with Gasteiger partial charge in [-0.25, -0.2) is 4.98 Å². The molecule has 0 atom stereocenters. The van der Waals surface area contributed by atoms with Gasteiger partial charge < -0.3 is 29.7 Å². The normalized spacial score (nSPS) is 18.1. The molecule has 2 aromatic rings. The average molecular weight is 569 g/mol. The number of carbonyl (C=O) groups is 1. The Labute approximate surface area is 247 Å². The summed E-state index contributed by atoms with van der Waals surface area (Å²) in [5.74, 6) is 0.378. The van der Waals surface area contributed by atoms with Crippen LogP contribution in [0.3, 0.4) is 0 Å². The first-order chi connectivity index (χ1) is 19.9. The number of anilines is 2. The van der Waals surface area contributed by atoms with E-state index in [9.17, 15) is 4.79 Å². The maximum absolute atomic E-state index is 9.82. The van der Waals surface area contributed by atoms with Crippen LogP contribution >= 0.6 is 0 Å². The van der Waals surface area contributed by atoms with Crippen LogP contribution in [0.2, 0.25) is 0 Å². The molecular weight excluding hydrogens is 516 g/mol. The number of methoxy groups -OCH3 is 1. The Hall–Kier alpha value is -2.68. The Morgan fingerprint density at radius 1 is 1.05 bits per heavy atom. The van der Waals surface area contributed by atoms with Crippen molar-refractivity contribution >= 4 is 17.5 Å². The van der Waals surface area contributed by atoms with E-state index >= 15 is 0 Å². The van der Waals surface area contributed by atoms with E-state index in [1.165, 1.54) is 75.1 Å². The van der Waals surface area contributed by atoms with Gasteiger partial charge in [-0.3, -0.25) is 4.79 Å². The maximum atomic E-state index is 9.82. The molecule has 0 radical (unpaired) electrons. The maximum Gasteiger partial charge on any atom is 0.303 e. The standard InChI is InChI=1S/C16H25N3.C12H17NO.C5H10O3/c1-2-11-19(12-3-1)13-5-7-15-9-8-14-6-4-10-17-16(14)18-15;1-12(2)10-13(8-9-14-12)11-6-4-3-5-7-11;1-8-4-2-3-5(6)7/h8-9H,1-7,10-13H2,(H,17,18);3-7H,8-10H2,1-2H3;2-4H2,1H3,(H,6,7). The molecule has 1 aromatic carbocycles. The highest BCUT2D eigenvalue weighted by Crippen LogP contribution is 2.22. The number of carboxylic acid groups (broad SMARTS) is 1. The van der Waals surface area contributed by atoms with E-state index in [1.807, 2.05) is 0 Å². The van der Waals surface area contributed by atoms with Gasteiger partial charge in [0.25, 0.3) is 0 Å². The lowest BCUT2D eigenvalue weighted by atomic mass is 10.1. The van der Waals surface area contributed by atoms with Crippen molar-refractivity contribution in [2.75, 3.05) is 69.8 Å². The first-order valence-electron chi connectivity index (χ1n) is 15.5. The Morgan fingerprint density at radius 2 is 1.83 bits per heavy atom. The van der Waals surface area contributed by atoms with Crippen LogP contribution in [0.25, 0.3) is 0 Å². The molecule has 0 saturated carbocycles. The van der Waals surface area contributed by atoms with Gasteiger partial charge in [0.05, 0.1) is 12.2 Å². The summed E-state index contributed by atoms with van der Waals surface area (Å²) in [6.45, 7) is 12.5. The lowest BCUT2D eigenvalue weighted by Gasteiger charge is -2.39. The molecule has 228 valence electrons. The number of rotatable bonds is 9. The van der Waals surface area contributed by atoms with Gasteiger partial charge in [-0.05, 0) is 102 Å². The molecule has 3 aliphatic rings. The molecule has 0 amide bonds. The van der Waals surface area contributed by atoms with E-state index in [4.69, 9.17) is 14.8 Å². The summed E-state index contributed by atoms with van der Waals surface area (Å²) in [4.78, 5) is 19.6. The van der Waals surface area contributed by atoms with Crippen LogP contribution in [0, 0.1) is 0 Å². The third-order valence-corrected chi connectivity index (χ3v) is 7.59. The van der Waals surface area contributed by atoms with Crippen molar-refractivity contribution < 1.29 is 19.4 Å². The zero-order valence-corrected chi connectivity index (χ0v) is 25.6. The zero-order chi connectivity index (χ0) is 29.3. The topological polar surface area (TPSA) is 87.2 Å². The SMILES string of the molecule is CC1(C)CN(c2ccccc2)CCO1.COCCCC(=O)O.c1cc2c(nc1CCCN1CCCCC1)NCCC2. The number of carboxylic acids is 1. The van der Waals surface area contributed by atoms with E-state index in [0.717, 1.165) is 38.5 Å². The second-order valence-electron chi connectivity index (χ2n) is 11.7. The number of nitrogens with zero attached hydrogens (tertiary/aromatic N) is 3. The van der Waals surface area contributed by atoms with Gasteiger partial charge in [0.15, 0.2) is 0 Å². The molecule has 5 rings (SSSR count). The fraction of sp³-hybridized carbons (Fsp3) is 0.636. The van der Waals surface area contributed by atoms with Crippen molar-refractivity contribution in [2.45, 2.75) is 77.2 Å². The fourth-order valence-corrected chi connectivity index (χ4v) is 5.42. The van der Waals surface area contributed by atoms with E-state index < -0.39 is 5.97 Å². The van der Waals surface area contributed by atoms with Crippen molar-refractivity contribution in [2.24, 2.45) is 0 Å². The number of aromatic nitrogens is 1. The summed E-state index contributed by atoms with van der Waals surface area (Å²) in [6, 6.07) is 15.0. The number of morpholine rings is 1. The van der Waals surface area contributed by atoms with E-state index in [1.54, 1.807) is 7.11 Å². The zero-order valence-electron chi connectivity index (χ0n) is 25.6. The minimum absolute atomic E-state index is 0.0198. The van der Waals surface area contributed by atoms with Gasteiger partial charge in [0, 0.05) is 51.2 Å². The Kier molecular flexibility index (Phi) is 14.4. The molecule has 2 fully saturated rings. The number of piperidine rings is 1. The van der Waals surface area contributed by atoms with Crippen LogP contribution < -0.4 is 10.2 Å². The minimum atomic E-state index is -0.762. The number of hydrogen-bond donors (Lipinski definition) is 2. The van der Waals surface area contributed by atoms with Crippen LogP contribution in [0.15, 0.2) is 42.5 Å². The predicted molar refractivity (Wildman–Crippen MR) is 167 cm³/mol. The van der Waals surface area contributed by atoms with Gasteiger partial charge in [0.1, 0.15) is 5.82 Å². The van der Waals surface area contributed by atoms with Gasteiger partial charge in [0.2, 0.25) is 0 Å². The number of hydrogen-bond acceptors (Lipinski definition) is 7. The van der Waals surface area contributed by atoms with Crippen molar-refractivity contribution in [1.82, 2.24) is 9.88 Å². The number of aliphatic carboxylic acids is 1.